The normalized spacial score (nSPS) is 10.7. The highest BCUT2D eigenvalue weighted by Gasteiger charge is 2.02. The van der Waals surface area contributed by atoms with E-state index in [1.807, 2.05) is 34.5 Å². The van der Waals surface area contributed by atoms with Crippen LogP contribution in [-0.4, -0.2) is 20.6 Å². The molecule has 90 valence electrons. The van der Waals surface area contributed by atoms with Crippen LogP contribution in [0.5, 0.6) is 0 Å². The molecule has 2 aromatic heterocycles. The lowest BCUT2D eigenvalue weighted by Crippen LogP contribution is -2.07. The molecule has 4 heteroatoms. The number of carbonyl (C=O) groups excluding carboxylic acids is 1. The molecular formula is C13H17N3O. The van der Waals surface area contributed by atoms with E-state index in [0.29, 0.717) is 0 Å². The van der Waals surface area contributed by atoms with Gasteiger partial charge in [0.15, 0.2) is 6.29 Å². The Balaban J connectivity index is 1.92. The van der Waals surface area contributed by atoms with Crippen LogP contribution in [-0.2, 0) is 13.1 Å². The zero-order valence-corrected chi connectivity index (χ0v) is 10.3. The second kappa shape index (κ2) is 4.99. The van der Waals surface area contributed by atoms with Crippen LogP contribution in [0.1, 0.15) is 28.3 Å². The standard InChI is InChI=1S/C13H17N3O/c1-11-9-12(2)16(14-11)8-4-7-15-6-3-5-13(15)10-17/h3,5-6,9-10H,4,7-8H2,1-2H3. The zero-order valence-electron chi connectivity index (χ0n) is 10.3. The van der Waals surface area contributed by atoms with Gasteiger partial charge in [0.2, 0.25) is 0 Å². The lowest BCUT2D eigenvalue weighted by Gasteiger charge is -2.07. The van der Waals surface area contributed by atoms with Crippen LogP contribution in [0.4, 0.5) is 0 Å². The molecule has 2 rings (SSSR count). The van der Waals surface area contributed by atoms with E-state index in [1.165, 1.54) is 5.69 Å². The molecule has 0 spiro atoms. The van der Waals surface area contributed by atoms with Crippen molar-refractivity contribution >= 4 is 6.29 Å². The van der Waals surface area contributed by atoms with Gasteiger partial charge in [-0.15, -0.1) is 0 Å². The Bertz CT molecular complexity index is 510. The molecule has 0 saturated carbocycles. The predicted octanol–water partition coefficient (Wildman–Crippen LogP) is 2.20. The highest BCUT2D eigenvalue weighted by Crippen LogP contribution is 2.05. The number of hydrogen-bond donors (Lipinski definition) is 0. The third-order valence-electron chi connectivity index (χ3n) is 2.86. The van der Waals surface area contributed by atoms with E-state index in [1.54, 1.807) is 0 Å². The Morgan fingerprint density at radius 3 is 2.82 bits per heavy atom. The van der Waals surface area contributed by atoms with Gasteiger partial charge in [-0.3, -0.25) is 9.48 Å². The SMILES string of the molecule is Cc1cc(C)n(CCCn2cccc2C=O)n1. The Morgan fingerprint density at radius 2 is 2.18 bits per heavy atom. The lowest BCUT2D eigenvalue weighted by molar-refractivity contribution is 0.111. The van der Waals surface area contributed by atoms with Crippen molar-refractivity contribution in [2.75, 3.05) is 0 Å². The molecule has 0 aliphatic rings. The van der Waals surface area contributed by atoms with E-state index in [-0.39, 0.29) is 0 Å². The van der Waals surface area contributed by atoms with E-state index in [9.17, 15) is 4.79 Å². The summed E-state index contributed by atoms with van der Waals surface area (Å²) >= 11 is 0. The Kier molecular flexibility index (Phi) is 3.42. The van der Waals surface area contributed by atoms with Gasteiger partial charge in [-0.2, -0.15) is 5.10 Å². The van der Waals surface area contributed by atoms with Crippen LogP contribution >= 0.6 is 0 Å². The summed E-state index contributed by atoms with van der Waals surface area (Å²) in [6, 6.07) is 5.80. The van der Waals surface area contributed by atoms with Crippen molar-refractivity contribution in [2.45, 2.75) is 33.4 Å². The third-order valence-corrected chi connectivity index (χ3v) is 2.86. The minimum absolute atomic E-state index is 0.735. The Hall–Kier alpha value is -1.84. The summed E-state index contributed by atoms with van der Waals surface area (Å²) in [6.07, 6.45) is 3.80. The number of carbonyl (C=O) groups is 1. The summed E-state index contributed by atoms with van der Waals surface area (Å²) in [5.74, 6) is 0. The molecule has 0 N–H and O–H groups in total. The molecule has 0 aliphatic heterocycles. The largest absolute Gasteiger partial charge is 0.345 e. The molecule has 0 fully saturated rings. The third kappa shape index (κ3) is 2.64. The molecule has 0 atom stereocenters. The summed E-state index contributed by atoms with van der Waals surface area (Å²) in [5.41, 5.74) is 2.97. The predicted molar refractivity (Wildman–Crippen MR) is 66.1 cm³/mol. The minimum atomic E-state index is 0.735. The van der Waals surface area contributed by atoms with E-state index in [0.717, 1.165) is 37.2 Å². The molecule has 4 nitrogen and oxygen atoms in total. The molecule has 2 heterocycles. The van der Waals surface area contributed by atoms with Gasteiger partial charge in [-0.25, -0.2) is 0 Å². The van der Waals surface area contributed by atoms with Crippen molar-refractivity contribution in [2.24, 2.45) is 0 Å². The maximum absolute atomic E-state index is 10.7. The first-order valence-electron chi connectivity index (χ1n) is 5.82. The van der Waals surface area contributed by atoms with Crippen molar-refractivity contribution in [3.63, 3.8) is 0 Å². The maximum atomic E-state index is 10.7. The topological polar surface area (TPSA) is 39.8 Å². The first-order valence-corrected chi connectivity index (χ1v) is 5.82. The number of hydrogen-bond acceptors (Lipinski definition) is 2. The number of aryl methyl sites for hydroxylation is 4. The summed E-state index contributed by atoms with van der Waals surface area (Å²) in [6.45, 7) is 5.79. The molecule has 0 bridgehead atoms. The highest BCUT2D eigenvalue weighted by atomic mass is 16.1. The average molecular weight is 231 g/mol. The number of aldehydes is 1. The van der Waals surface area contributed by atoms with Crippen molar-refractivity contribution in [1.29, 1.82) is 0 Å². The number of rotatable bonds is 5. The van der Waals surface area contributed by atoms with Crippen LogP contribution < -0.4 is 0 Å². The molecule has 0 unspecified atom stereocenters. The molecule has 17 heavy (non-hydrogen) atoms. The van der Waals surface area contributed by atoms with E-state index >= 15 is 0 Å². The van der Waals surface area contributed by atoms with E-state index in [4.69, 9.17) is 0 Å². The summed E-state index contributed by atoms with van der Waals surface area (Å²) in [5, 5.41) is 4.41. The van der Waals surface area contributed by atoms with Crippen LogP contribution in [0.2, 0.25) is 0 Å². The molecule has 2 aromatic rings. The summed E-state index contributed by atoms with van der Waals surface area (Å²) < 4.78 is 3.98. The smallest absolute Gasteiger partial charge is 0.166 e. The van der Waals surface area contributed by atoms with Gasteiger partial charge in [-0.1, -0.05) is 0 Å². The second-order valence-electron chi connectivity index (χ2n) is 4.25. The molecule has 0 aliphatic carbocycles. The zero-order chi connectivity index (χ0) is 12.3. The van der Waals surface area contributed by atoms with Crippen LogP contribution in [0, 0.1) is 13.8 Å². The average Bonchev–Trinajstić information content (AvgIpc) is 2.86. The maximum Gasteiger partial charge on any atom is 0.166 e. The molecular weight excluding hydrogens is 214 g/mol. The first kappa shape index (κ1) is 11.6. The summed E-state index contributed by atoms with van der Waals surface area (Å²) in [4.78, 5) is 10.7. The van der Waals surface area contributed by atoms with E-state index < -0.39 is 0 Å². The number of nitrogens with zero attached hydrogens (tertiary/aromatic N) is 3. The quantitative estimate of drug-likeness (QED) is 0.740. The fraction of sp³-hybridized carbons (Fsp3) is 0.385. The monoisotopic (exact) mass is 231 g/mol. The Labute approximate surface area is 101 Å². The van der Waals surface area contributed by atoms with E-state index in [2.05, 4.69) is 18.1 Å². The van der Waals surface area contributed by atoms with Crippen molar-refractivity contribution in [3.8, 4) is 0 Å². The van der Waals surface area contributed by atoms with Crippen molar-refractivity contribution in [1.82, 2.24) is 14.3 Å². The molecule has 0 radical (unpaired) electrons. The van der Waals surface area contributed by atoms with Crippen LogP contribution in [0.25, 0.3) is 0 Å². The van der Waals surface area contributed by atoms with Crippen molar-refractivity contribution in [3.05, 3.63) is 41.5 Å². The first-order chi connectivity index (χ1) is 8.20. The fourth-order valence-electron chi connectivity index (χ4n) is 2.03. The molecule has 0 aromatic carbocycles. The van der Waals surface area contributed by atoms with Gasteiger partial charge in [0.1, 0.15) is 0 Å². The van der Waals surface area contributed by atoms with Gasteiger partial charge in [0, 0.05) is 25.0 Å². The van der Waals surface area contributed by atoms with Gasteiger partial charge < -0.3 is 4.57 Å². The van der Waals surface area contributed by atoms with Gasteiger partial charge in [0.25, 0.3) is 0 Å². The lowest BCUT2D eigenvalue weighted by atomic mass is 10.3. The van der Waals surface area contributed by atoms with Crippen molar-refractivity contribution < 1.29 is 4.79 Å². The molecule has 0 amide bonds. The Morgan fingerprint density at radius 1 is 1.35 bits per heavy atom. The fourth-order valence-corrected chi connectivity index (χ4v) is 2.03. The second-order valence-corrected chi connectivity index (χ2v) is 4.25. The molecule has 0 saturated heterocycles. The minimum Gasteiger partial charge on any atom is -0.345 e. The van der Waals surface area contributed by atoms with Gasteiger partial charge in [-0.05, 0) is 38.5 Å². The van der Waals surface area contributed by atoms with Crippen LogP contribution in [0.15, 0.2) is 24.4 Å². The van der Waals surface area contributed by atoms with Gasteiger partial charge >= 0.3 is 0 Å². The van der Waals surface area contributed by atoms with Crippen LogP contribution in [0.3, 0.4) is 0 Å². The highest BCUT2D eigenvalue weighted by molar-refractivity contribution is 5.72. The summed E-state index contributed by atoms with van der Waals surface area (Å²) in [7, 11) is 0. The number of aromatic nitrogens is 3. The van der Waals surface area contributed by atoms with Gasteiger partial charge in [0.05, 0.1) is 11.4 Å².